The lowest BCUT2D eigenvalue weighted by Crippen LogP contribution is -2.18. The maximum atomic E-state index is 12.2. The van der Waals surface area contributed by atoms with Gasteiger partial charge in [-0.1, -0.05) is 36.5 Å². The van der Waals surface area contributed by atoms with Crippen LogP contribution in [-0.2, 0) is 22.3 Å². The molecule has 1 aromatic carbocycles. The molecule has 0 bridgehead atoms. The zero-order valence-corrected chi connectivity index (χ0v) is 13.1. The number of hydrogen-bond donors (Lipinski definition) is 2. The number of thiocarbonyl (C=S) groups is 1. The summed E-state index contributed by atoms with van der Waals surface area (Å²) >= 11 is 4.94. The van der Waals surface area contributed by atoms with Crippen LogP contribution in [0, 0.1) is 0 Å². The molecule has 0 unspecified atom stereocenters. The molecule has 0 aliphatic heterocycles. The number of rotatable bonds is 6. The second-order valence-electron chi connectivity index (χ2n) is 4.47. The van der Waals surface area contributed by atoms with Gasteiger partial charge in [0.2, 0.25) is 10.0 Å². The van der Waals surface area contributed by atoms with Crippen molar-refractivity contribution in [3.05, 3.63) is 47.8 Å². The Bertz CT molecular complexity index is 753. The standard InChI is InChI=1S/C13H16N4O2S2/c1-2-17-8-11(7-15-17)16-21(18,19)9-10-5-3-4-6-12(10)13(14)20/h3-8,16H,2,9H2,1H3,(H2,14,20). The van der Waals surface area contributed by atoms with E-state index in [4.69, 9.17) is 18.0 Å². The van der Waals surface area contributed by atoms with Gasteiger partial charge in [0.1, 0.15) is 4.99 Å². The maximum absolute atomic E-state index is 12.2. The van der Waals surface area contributed by atoms with E-state index in [1.807, 2.05) is 6.92 Å². The van der Waals surface area contributed by atoms with Crippen LogP contribution < -0.4 is 10.5 Å². The van der Waals surface area contributed by atoms with Gasteiger partial charge in [-0.15, -0.1) is 0 Å². The van der Waals surface area contributed by atoms with E-state index in [2.05, 4.69) is 9.82 Å². The van der Waals surface area contributed by atoms with E-state index in [0.29, 0.717) is 23.4 Å². The lowest BCUT2D eigenvalue weighted by molar-refractivity contribution is 0.600. The van der Waals surface area contributed by atoms with E-state index in [1.165, 1.54) is 6.20 Å². The first-order valence-corrected chi connectivity index (χ1v) is 8.38. The van der Waals surface area contributed by atoms with Crippen LogP contribution in [0.1, 0.15) is 18.1 Å². The lowest BCUT2D eigenvalue weighted by atomic mass is 10.1. The molecule has 112 valence electrons. The fourth-order valence-electron chi connectivity index (χ4n) is 1.90. The first kappa shape index (κ1) is 15.5. The minimum absolute atomic E-state index is 0.180. The van der Waals surface area contributed by atoms with Crippen molar-refractivity contribution in [2.45, 2.75) is 19.2 Å². The summed E-state index contributed by atoms with van der Waals surface area (Å²) in [7, 11) is -3.56. The van der Waals surface area contributed by atoms with E-state index in [9.17, 15) is 8.42 Å². The van der Waals surface area contributed by atoms with Gasteiger partial charge in [-0.05, 0) is 12.5 Å². The molecule has 2 aromatic rings. The van der Waals surface area contributed by atoms with Crippen molar-refractivity contribution in [3.8, 4) is 0 Å². The average Bonchev–Trinajstić information content (AvgIpc) is 2.85. The van der Waals surface area contributed by atoms with Gasteiger partial charge in [-0.2, -0.15) is 5.10 Å². The van der Waals surface area contributed by atoms with E-state index in [0.717, 1.165) is 0 Å². The van der Waals surface area contributed by atoms with Gasteiger partial charge >= 0.3 is 0 Å². The molecular weight excluding hydrogens is 308 g/mol. The van der Waals surface area contributed by atoms with E-state index in [-0.39, 0.29) is 10.7 Å². The SMILES string of the molecule is CCn1cc(NS(=O)(=O)Cc2ccccc2C(N)=S)cn1. The smallest absolute Gasteiger partial charge is 0.237 e. The number of nitrogens with zero attached hydrogens (tertiary/aromatic N) is 2. The normalized spacial score (nSPS) is 11.3. The molecule has 0 aliphatic carbocycles. The summed E-state index contributed by atoms with van der Waals surface area (Å²) < 4.78 is 28.6. The molecule has 0 saturated carbocycles. The highest BCUT2D eigenvalue weighted by molar-refractivity contribution is 7.91. The highest BCUT2D eigenvalue weighted by Crippen LogP contribution is 2.15. The third-order valence-electron chi connectivity index (χ3n) is 2.86. The molecule has 3 N–H and O–H groups in total. The van der Waals surface area contributed by atoms with Crippen LogP contribution in [0.3, 0.4) is 0 Å². The van der Waals surface area contributed by atoms with Crippen molar-refractivity contribution in [1.29, 1.82) is 0 Å². The Morgan fingerprint density at radius 1 is 1.43 bits per heavy atom. The molecule has 0 aliphatic rings. The highest BCUT2D eigenvalue weighted by atomic mass is 32.2. The van der Waals surface area contributed by atoms with Crippen LogP contribution in [0.2, 0.25) is 0 Å². The fourth-order valence-corrected chi connectivity index (χ4v) is 3.29. The Hall–Kier alpha value is -1.93. The quantitative estimate of drug-likeness (QED) is 0.786. The predicted molar refractivity (Wildman–Crippen MR) is 86.5 cm³/mol. The van der Waals surface area contributed by atoms with Gasteiger partial charge in [-0.25, -0.2) is 8.42 Å². The molecule has 8 heteroatoms. The predicted octanol–water partition coefficient (Wildman–Crippen LogP) is 1.48. The van der Waals surface area contributed by atoms with Crippen LogP contribution in [0.5, 0.6) is 0 Å². The van der Waals surface area contributed by atoms with Gasteiger partial charge in [0, 0.05) is 18.3 Å². The summed E-state index contributed by atoms with van der Waals surface area (Å²) in [6.45, 7) is 2.59. The second-order valence-corrected chi connectivity index (χ2v) is 6.63. The monoisotopic (exact) mass is 324 g/mol. The molecule has 0 spiro atoms. The van der Waals surface area contributed by atoms with Gasteiger partial charge in [-0.3, -0.25) is 9.40 Å². The van der Waals surface area contributed by atoms with Crippen molar-refractivity contribution in [3.63, 3.8) is 0 Å². The number of aryl methyl sites for hydroxylation is 1. The zero-order valence-electron chi connectivity index (χ0n) is 11.5. The minimum Gasteiger partial charge on any atom is -0.389 e. The zero-order chi connectivity index (χ0) is 15.5. The summed E-state index contributed by atoms with van der Waals surface area (Å²) in [6.07, 6.45) is 3.11. The topological polar surface area (TPSA) is 90.0 Å². The van der Waals surface area contributed by atoms with Crippen LogP contribution in [0.4, 0.5) is 5.69 Å². The molecule has 2 rings (SSSR count). The Morgan fingerprint density at radius 2 is 2.14 bits per heavy atom. The van der Waals surface area contributed by atoms with E-state index >= 15 is 0 Å². The van der Waals surface area contributed by atoms with E-state index in [1.54, 1.807) is 35.1 Å². The minimum atomic E-state index is -3.56. The summed E-state index contributed by atoms with van der Waals surface area (Å²) in [5.41, 5.74) is 7.19. The largest absolute Gasteiger partial charge is 0.389 e. The lowest BCUT2D eigenvalue weighted by Gasteiger charge is -2.09. The van der Waals surface area contributed by atoms with Crippen molar-refractivity contribution in [2.75, 3.05) is 4.72 Å². The van der Waals surface area contributed by atoms with Crippen molar-refractivity contribution < 1.29 is 8.42 Å². The van der Waals surface area contributed by atoms with Crippen LogP contribution in [-0.4, -0.2) is 23.2 Å². The number of benzene rings is 1. The molecule has 0 saturated heterocycles. The van der Waals surface area contributed by atoms with Gasteiger partial charge in [0.15, 0.2) is 0 Å². The van der Waals surface area contributed by atoms with Gasteiger partial charge < -0.3 is 5.73 Å². The Morgan fingerprint density at radius 3 is 2.76 bits per heavy atom. The molecule has 0 amide bonds. The number of anilines is 1. The molecular formula is C13H16N4O2S2. The number of aromatic nitrogens is 2. The Balaban J connectivity index is 2.20. The van der Waals surface area contributed by atoms with Crippen molar-refractivity contribution >= 4 is 32.9 Å². The van der Waals surface area contributed by atoms with Gasteiger partial charge in [0.05, 0.1) is 17.6 Å². The third kappa shape index (κ3) is 4.02. The number of sulfonamides is 1. The summed E-state index contributed by atoms with van der Waals surface area (Å²) in [5.74, 6) is -0.197. The second kappa shape index (κ2) is 6.23. The molecule has 21 heavy (non-hydrogen) atoms. The number of hydrogen-bond acceptors (Lipinski definition) is 4. The molecule has 1 heterocycles. The van der Waals surface area contributed by atoms with E-state index < -0.39 is 10.0 Å². The summed E-state index contributed by atoms with van der Waals surface area (Å²) in [6, 6.07) is 6.93. The first-order chi connectivity index (χ1) is 9.91. The molecule has 6 nitrogen and oxygen atoms in total. The molecule has 0 radical (unpaired) electrons. The molecule has 0 atom stereocenters. The van der Waals surface area contributed by atoms with Crippen LogP contribution in [0.15, 0.2) is 36.7 Å². The Kier molecular flexibility index (Phi) is 4.59. The third-order valence-corrected chi connectivity index (χ3v) is 4.32. The Labute approximate surface area is 129 Å². The van der Waals surface area contributed by atoms with Crippen LogP contribution in [0.25, 0.3) is 0 Å². The highest BCUT2D eigenvalue weighted by Gasteiger charge is 2.16. The first-order valence-electron chi connectivity index (χ1n) is 6.32. The average molecular weight is 324 g/mol. The maximum Gasteiger partial charge on any atom is 0.237 e. The number of nitrogens with two attached hydrogens (primary N) is 1. The van der Waals surface area contributed by atoms with Gasteiger partial charge in [0.25, 0.3) is 0 Å². The fraction of sp³-hybridized carbons (Fsp3) is 0.231. The number of nitrogens with one attached hydrogen (secondary N) is 1. The van der Waals surface area contributed by atoms with Crippen LogP contribution >= 0.6 is 12.2 Å². The molecule has 1 aromatic heterocycles. The van der Waals surface area contributed by atoms with Crippen molar-refractivity contribution in [1.82, 2.24) is 9.78 Å². The summed E-state index contributed by atoms with van der Waals surface area (Å²) in [4.78, 5) is 0.180. The van der Waals surface area contributed by atoms with Crippen molar-refractivity contribution in [2.24, 2.45) is 5.73 Å². The molecule has 0 fully saturated rings. The summed E-state index contributed by atoms with van der Waals surface area (Å²) in [5, 5.41) is 4.02.